The van der Waals surface area contributed by atoms with Crippen molar-refractivity contribution in [3.05, 3.63) is 42.3 Å². The van der Waals surface area contributed by atoms with Crippen molar-refractivity contribution >= 4 is 16.9 Å². The van der Waals surface area contributed by atoms with E-state index in [4.69, 9.17) is 4.74 Å². The van der Waals surface area contributed by atoms with E-state index in [1.54, 1.807) is 25.4 Å². The van der Waals surface area contributed by atoms with Crippen molar-refractivity contribution in [2.45, 2.75) is 0 Å². The van der Waals surface area contributed by atoms with Crippen molar-refractivity contribution in [2.24, 2.45) is 0 Å². The van der Waals surface area contributed by atoms with E-state index in [-0.39, 0.29) is 5.75 Å². The van der Waals surface area contributed by atoms with Gasteiger partial charge in [0.25, 0.3) is 0 Å². The minimum atomic E-state index is -0.475. The Morgan fingerprint density at radius 2 is 2.14 bits per heavy atom. The molecule has 22 heavy (non-hydrogen) atoms. The number of benzene rings is 1. The molecule has 0 saturated carbocycles. The topological polar surface area (TPSA) is 70.2 Å². The lowest BCUT2D eigenvalue weighted by molar-refractivity contribution is 0.210. The second-order valence-electron chi connectivity index (χ2n) is 4.88. The maximum absolute atomic E-state index is 14.2. The summed E-state index contributed by atoms with van der Waals surface area (Å²) in [6.45, 7) is 1.15. The summed E-state index contributed by atoms with van der Waals surface area (Å²) < 4.78 is 19.2. The lowest BCUT2D eigenvalue weighted by Crippen LogP contribution is -2.09. The Labute approximate surface area is 126 Å². The van der Waals surface area contributed by atoms with Gasteiger partial charge >= 0.3 is 0 Å². The van der Waals surface area contributed by atoms with E-state index >= 15 is 0 Å². The number of fused-ring (bicyclic) bond motifs is 1. The highest BCUT2D eigenvalue weighted by Gasteiger charge is 2.13. The fraction of sp³-hybridized carbons (Fsp3) is 0.188. The van der Waals surface area contributed by atoms with Crippen LogP contribution in [-0.4, -0.2) is 35.3 Å². The fourth-order valence-electron chi connectivity index (χ4n) is 2.35. The molecule has 5 nitrogen and oxygen atoms in total. The van der Waals surface area contributed by atoms with Crippen LogP contribution in [0.1, 0.15) is 0 Å². The standard InChI is InChI=1S/C16H16FN3O2/c1-22-7-6-18-15-9-13(12-4-5-19-16(12)20-15)11-3-2-10(21)8-14(11)17/h2-5,8-9,21H,6-7H2,1H3,(H2,18,19,20). The first-order valence-corrected chi connectivity index (χ1v) is 6.89. The summed E-state index contributed by atoms with van der Waals surface area (Å²) in [7, 11) is 1.63. The molecule has 0 aliphatic carbocycles. The van der Waals surface area contributed by atoms with E-state index in [9.17, 15) is 9.50 Å². The maximum Gasteiger partial charge on any atom is 0.140 e. The SMILES string of the molecule is COCCNc1cc(-c2ccc(O)cc2F)c2cc[nH]c2n1. The van der Waals surface area contributed by atoms with E-state index < -0.39 is 5.82 Å². The Morgan fingerprint density at radius 3 is 2.91 bits per heavy atom. The number of nitrogens with zero attached hydrogens (tertiary/aromatic N) is 1. The van der Waals surface area contributed by atoms with E-state index in [0.717, 1.165) is 11.5 Å². The van der Waals surface area contributed by atoms with Gasteiger partial charge in [-0.3, -0.25) is 0 Å². The minimum absolute atomic E-state index is 0.0981. The molecule has 0 aliphatic heterocycles. The molecule has 0 fully saturated rings. The molecule has 3 aromatic rings. The van der Waals surface area contributed by atoms with Gasteiger partial charge in [0.05, 0.1) is 6.61 Å². The third-order valence-electron chi connectivity index (χ3n) is 3.38. The first-order chi connectivity index (χ1) is 10.7. The van der Waals surface area contributed by atoms with Gasteiger partial charge in [-0.1, -0.05) is 0 Å². The van der Waals surface area contributed by atoms with Crippen LogP contribution in [0.4, 0.5) is 10.2 Å². The Morgan fingerprint density at radius 1 is 1.27 bits per heavy atom. The predicted octanol–water partition coefficient (Wildman–Crippen LogP) is 3.13. The van der Waals surface area contributed by atoms with Crippen molar-refractivity contribution in [2.75, 3.05) is 25.6 Å². The number of aromatic hydroxyl groups is 1. The second-order valence-corrected chi connectivity index (χ2v) is 4.88. The molecule has 2 aromatic heterocycles. The molecule has 114 valence electrons. The molecule has 2 heterocycles. The first-order valence-electron chi connectivity index (χ1n) is 6.89. The zero-order valence-electron chi connectivity index (χ0n) is 12.1. The van der Waals surface area contributed by atoms with Gasteiger partial charge < -0.3 is 20.1 Å². The number of hydrogen-bond donors (Lipinski definition) is 3. The number of phenols is 1. The third-order valence-corrected chi connectivity index (χ3v) is 3.38. The highest BCUT2D eigenvalue weighted by Crippen LogP contribution is 2.32. The van der Waals surface area contributed by atoms with Crippen LogP contribution in [0, 0.1) is 5.82 Å². The molecule has 0 radical (unpaired) electrons. The molecule has 0 bridgehead atoms. The Bertz CT molecular complexity index is 801. The van der Waals surface area contributed by atoms with Gasteiger partial charge in [0.2, 0.25) is 0 Å². The van der Waals surface area contributed by atoms with Gasteiger partial charge in [-0.05, 0) is 29.8 Å². The summed E-state index contributed by atoms with van der Waals surface area (Å²) >= 11 is 0. The summed E-state index contributed by atoms with van der Waals surface area (Å²) in [4.78, 5) is 7.48. The zero-order valence-corrected chi connectivity index (χ0v) is 12.1. The Hall–Kier alpha value is -2.60. The van der Waals surface area contributed by atoms with Crippen LogP contribution in [0.15, 0.2) is 36.5 Å². The molecule has 1 aromatic carbocycles. The first kappa shape index (κ1) is 14.3. The monoisotopic (exact) mass is 301 g/mol. The van der Waals surface area contributed by atoms with Crippen LogP contribution in [0.5, 0.6) is 5.75 Å². The molecule has 0 atom stereocenters. The predicted molar refractivity (Wildman–Crippen MR) is 83.5 cm³/mol. The number of rotatable bonds is 5. The van der Waals surface area contributed by atoms with Crippen molar-refractivity contribution in [1.29, 1.82) is 0 Å². The molecule has 0 unspecified atom stereocenters. The van der Waals surface area contributed by atoms with Crippen molar-refractivity contribution < 1.29 is 14.2 Å². The van der Waals surface area contributed by atoms with Crippen molar-refractivity contribution in [3.8, 4) is 16.9 Å². The summed E-state index contributed by atoms with van der Waals surface area (Å²) in [6, 6.07) is 7.77. The number of nitrogens with one attached hydrogen (secondary N) is 2. The van der Waals surface area contributed by atoms with Crippen LogP contribution < -0.4 is 5.32 Å². The van der Waals surface area contributed by atoms with Gasteiger partial charge in [0.1, 0.15) is 23.0 Å². The summed E-state index contributed by atoms with van der Waals surface area (Å²) in [5.74, 6) is 0.0603. The number of H-pyrrole nitrogens is 1. The van der Waals surface area contributed by atoms with Crippen LogP contribution in [0.2, 0.25) is 0 Å². The summed E-state index contributed by atoms with van der Waals surface area (Å²) in [5, 5.41) is 13.3. The number of aromatic amines is 1. The quantitative estimate of drug-likeness (QED) is 0.633. The summed E-state index contributed by atoms with van der Waals surface area (Å²) in [5.41, 5.74) is 1.80. The molecular weight excluding hydrogens is 285 g/mol. The van der Waals surface area contributed by atoms with Crippen LogP contribution >= 0.6 is 0 Å². The van der Waals surface area contributed by atoms with Gasteiger partial charge in [-0.2, -0.15) is 0 Å². The number of pyridine rings is 1. The number of ether oxygens (including phenoxy) is 1. The van der Waals surface area contributed by atoms with Gasteiger partial charge in [-0.15, -0.1) is 0 Å². The molecule has 0 saturated heterocycles. The van der Waals surface area contributed by atoms with Crippen LogP contribution in [0.3, 0.4) is 0 Å². The van der Waals surface area contributed by atoms with Gasteiger partial charge in [-0.25, -0.2) is 9.37 Å². The number of hydrogen-bond acceptors (Lipinski definition) is 4. The van der Waals surface area contributed by atoms with E-state index in [0.29, 0.717) is 35.7 Å². The zero-order chi connectivity index (χ0) is 15.5. The molecule has 6 heteroatoms. The minimum Gasteiger partial charge on any atom is -0.508 e. The van der Waals surface area contributed by atoms with Crippen LogP contribution in [0.25, 0.3) is 22.2 Å². The Balaban J connectivity index is 2.08. The van der Waals surface area contributed by atoms with Crippen molar-refractivity contribution in [3.63, 3.8) is 0 Å². The van der Waals surface area contributed by atoms with Crippen molar-refractivity contribution in [1.82, 2.24) is 9.97 Å². The fourth-order valence-corrected chi connectivity index (χ4v) is 2.35. The lowest BCUT2D eigenvalue weighted by Gasteiger charge is -2.10. The largest absolute Gasteiger partial charge is 0.508 e. The average Bonchev–Trinajstić information content (AvgIpc) is 2.95. The number of phenolic OH excluding ortho intramolecular Hbond substituents is 1. The molecule has 0 amide bonds. The maximum atomic E-state index is 14.2. The number of methoxy groups -OCH3 is 1. The molecule has 0 spiro atoms. The Kier molecular flexibility index (Phi) is 3.93. The average molecular weight is 301 g/mol. The van der Waals surface area contributed by atoms with E-state index in [1.807, 2.05) is 6.07 Å². The normalized spacial score (nSPS) is 11.0. The number of aromatic nitrogens is 2. The van der Waals surface area contributed by atoms with E-state index in [1.165, 1.54) is 6.07 Å². The smallest absolute Gasteiger partial charge is 0.140 e. The molecule has 3 N–H and O–H groups in total. The highest BCUT2D eigenvalue weighted by molar-refractivity contribution is 5.94. The van der Waals surface area contributed by atoms with E-state index in [2.05, 4.69) is 15.3 Å². The molecular formula is C16H16FN3O2. The lowest BCUT2D eigenvalue weighted by atomic mass is 10.0. The van der Waals surface area contributed by atoms with Gasteiger partial charge in [0.15, 0.2) is 0 Å². The molecule has 0 aliphatic rings. The highest BCUT2D eigenvalue weighted by atomic mass is 19.1. The number of anilines is 1. The second kappa shape index (κ2) is 6.03. The third kappa shape index (κ3) is 2.73. The van der Waals surface area contributed by atoms with Crippen LogP contribution in [-0.2, 0) is 4.74 Å². The summed E-state index contributed by atoms with van der Waals surface area (Å²) in [6.07, 6.45) is 1.76. The molecule has 3 rings (SSSR count). The number of halogens is 1. The van der Waals surface area contributed by atoms with Gasteiger partial charge in [0, 0.05) is 36.9 Å².